The van der Waals surface area contributed by atoms with Crippen molar-refractivity contribution >= 4 is 35.7 Å². The fourth-order valence-corrected chi connectivity index (χ4v) is 8.43. The monoisotopic (exact) mass is 444 g/mol. The maximum atomic E-state index is 6.22. The van der Waals surface area contributed by atoms with Crippen molar-refractivity contribution in [2.45, 2.75) is 58.1 Å². The van der Waals surface area contributed by atoms with Crippen LogP contribution < -0.4 is 15.9 Å². The van der Waals surface area contributed by atoms with Crippen LogP contribution in [0.1, 0.15) is 40.5 Å². The van der Waals surface area contributed by atoms with Crippen LogP contribution in [0.15, 0.2) is 91.0 Å². The molecule has 1 aliphatic heterocycles. The van der Waals surface area contributed by atoms with E-state index in [-0.39, 0.29) is 18.3 Å². The van der Waals surface area contributed by atoms with Gasteiger partial charge in [-0.05, 0) is 63.2 Å². The molecule has 0 bridgehead atoms. The van der Waals surface area contributed by atoms with Crippen molar-refractivity contribution in [1.82, 2.24) is 0 Å². The number of hydrogen-bond donors (Lipinski definition) is 0. The Morgan fingerprint density at radius 3 is 1.41 bits per heavy atom. The van der Waals surface area contributed by atoms with E-state index in [0.29, 0.717) is 0 Å². The Bertz CT molecular complexity index is 943. The predicted octanol–water partition coefficient (Wildman–Crippen LogP) is 5.66. The topological polar surface area (TPSA) is 18.5 Å². The molecule has 0 atom stereocenters. The number of unbranched alkanes of at least 4 members (excludes halogenated alkanes) is 1. The highest BCUT2D eigenvalue weighted by Gasteiger charge is 2.50. The summed E-state index contributed by atoms with van der Waals surface area (Å²) in [4.78, 5) is 0. The summed E-state index contributed by atoms with van der Waals surface area (Å²) in [7, 11) is -0.133. The van der Waals surface area contributed by atoms with Crippen molar-refractivity contribution in [1.29, 1.82) is 0 Å². The van der Waals surface area contributed by atoms with E-state index >= 15 is 0 Å². The maximum Gasteiger partial charge on any atom is 0.457 e. The van der Waals surface area contributed by atoms with E-state index in [0.717, 1.165) is 19.2 Å². The molecule has 0 aliphatic carbocycles. The lowest BCUT2D eigenvalue weighted by molar-refractivity contribution is 0.00578. The SMILES string of the molecule is CC1(C)OB(CCCC=P(c2ccccc2)(c2ccccc2)c2ccccc2)OC1(C)C. The molecule has 0 amide bonds. The highest BCUT2D eigenvalue weighted by Crippen LogP contribution is 2.44. The summed E-state index contributed by atoms with van der Waals surface area (Å²) in [6.07, 6.45) is 2.95. The third-order valence-electron chi connectivity index (χ3n) is 6.84. The smallest absolute Gasteiger partial charge is 0.403 e. The van der Waals surface area contributed by atoms with E-state index in [2.05, 4.69) is 124 Å². The first kappa shape index (κ1) is 23.1. The predicted molar refractivity (Wildman–Crippen MR) is 141 cm³/mol. The van der Waals surface area contributed by atoms with E-state index < -0.39 is 6.89 Å². The van der Waals surface area contributed by atoms with Crippen molar-refractivity contribution in [3.05, 3.63) is 91.0 Å². The van der Waals surface area contributed by atoms with Crippen molar-refractivity contribution in [3.8, 4) is 0 Å². The lowest BCUT2D eigenvalue weighted by Crippen LogP contribution is -2.41. The highest BCUT2D eigenvalue weighted by molar-refractivity contribution is 7.94. The van der Waals surface area contributed by atoms with Gasteiger partial charge in [0, 0.05) is 0 Å². The first-order valence-electron chi connectivity index (χ1n) is 11.6. The number of benzene rings is 3. The van der Waals surface area contributed by atoms with Crippen LogP contribution in [-0.2, 0) is 9.31 Å². The first-order chi connectivity index (χ1) is 15.4. The van der Waals surface area contributed by atoms with E-state index in [1.807, 2.05) is 0 Å². The van der Waals surface area contributed by atoms with Gasteiger partial charge in [-0.25, -0.2) is 0 Å². The molecule has 2 nitrogen and oxygen atoms in total. The van der Waals surface area contributed by atoms with E-state index in [4.69, 9.17) is 9.31 Å². The molecular formula is C28H34BO2P. The average Bonchev–Trinajstić information content (AvgIpc) is 3.02. The van der Waals surface area contributed by atoms with Gasteiger partial charge in [0.2, 0.25) is 0 Å². The summed E-state index contributed by atoms with van der Waals surface area (Å²) in [5.41, 5.74) is -0.535. The molecule has 166 valence electrons. The molecule has 0 radical (unpaired) electrons. The molecule has 1 fully saturated rings. The molecule has 0 unspecified atom stereocenters. The van der Waals surface area contributed by atoms with Gasteiger partial charge in [0.25, 0.3) is 0 Å². The number of rotatable bonds is 7. The van der Waals surface area contributed by atoms with Crippen LogP contribution in [0, 0.1) is 0 Å². The summed E-state index contributed by atoms with van der Waals surface area (Å²) in [6, 6.07) is 33.0. The second-order valence-corrected chi connectivity index (χ2v) is 12.9. The second-order valence-electron chi connectivity index (χ2n) is 9.53. The molecule has 0 saturated carbocycles. The standard InChI is InChI=1S/C28H34BO2P/c1-27(2)28(3,4)31-29(30-27)22-14-15-23-32(24-16-8-5-9-17-24,25-18-10-6-11-19-25)26-20-12-7-13-21-26/h5-13,16-21,23H,14-15,22H2,1-4H3. The Morgan fingerprint density at radius 2 is 1.03 bits per heavy atom. The van der Waals surface area contributed by atoms with Gasteiger partial charge in [-0.2, -0.15) is 0 Å². The molecule has 1 heterocycles. The minimum absolute atomic E-state index is 0.133. The average molecular weight is 444 g/mol. The normalized spacial score (nSPS) is 17.3. The van der Waals surface area contributed by atoms with Crippen LogP contribution in [0.25, 0.3) is 0 Å². The molecular weight excluding hydrogens is 410 g/mol. The van der Waals surface area contributed by atoms with Crippen LogP contribution >= 0.6 is 6.89 Å². The molecule has 0 spiro atoms. The molecule has 1 saturated heterocycles. The molecule has 4 rings (SSSR count). The molecule has 1 aliphatic rings. The van der Waals surface area contributed by atoms with E-state index in [1.165, 1.54) is 15.9 Å². The Morgan fingerprint density at radius 1 is 0.656 bits per heavy atom. The summed E-state index contributed by atoms with van der Waals surface area (Å²) >= 11 is 0. The van der Waals surface area contributed by atoms with Crippen LogP contribution in [-0.4, -0.2) is 24.1 Å². The van der Waals surface area contributed by atoms with Gasteiger partial charge in [0.1, 0.15) is 0 Å². The Kier molecular flexibility index (Phi) is 6.82. The van der Waals surface area contributed by atoms with Gasteiger partial charge in [-0.3, -0.25) is 0 Å². The Labute approximate surface area is 194 Å². The minimum atomic E-state index is -1.87. The summed E-state index contributed by atoms with van der Waals surface area (Å²) in [5.74, 6) is 2.60. The lowest BCUT2D eigenvalue weighted by Gasteiger charge is -2.32. The van der Waals surface area contributed by atoms with E-state index in [1.54, 1.807) is 0 Å². The zero-order valence-electron chi connectivity index (χ0n) is 19.7. The third kappa shape index (κ3) is 4.53. The van der Waals surface area contributed by atoms with Gasteiger partial charge < -0.3 is 9.31 Å². The fraction of sp³-hybridized carbons (Fsp3) is 0.321. The van der Waals surface area contributed by atoms with Crippen molar-refractivity contribution in [3.63, 3.8) is 0 Å². The van der Waals surface area contributed by atoms with Crippen LogP contribution in [0.2, 0.25) is 6.32 Å². The van der Waals surface area contributed by atoms with Crippen molar-refractivity contribution in [2.75, 3.05) is 0 Å². The molecule has 0 N–H and O–H groups in total. The zero-order valence-corrected chi connectivity index (χ0v) is 20.6. The highest BCUT2D eigenvalue weighted by atomic mass is 31.2. The van der Waals surface area contributed by atoms with Gasteiger partial charge in [-0.1, -0.05) is 103 Å². The molecule has 4 heteroatoms. The number of hydrogen-bond acceptors (Lipinski definition) is 2. The van der Waals surface area contributed by atoms with Crippen molar-refractivity contribution < 1.29 is 9.31 Å². The van der Waals surface area contributed by atoms with Crippen LogP contribution in [0.5, 0.6) is 0 Å². The summed E-state index contributed by atoms with van der Waals surface area (Å²) in [5, 5.41) is 4.19. The molecule has 3 aromatic carbocycles. The largest absolute Gasteiger partial charge is 0.457 e. The lowest BCUT2D eigenvalue weighted by atomic mass is 9.82. The van der Waals surface area contributed by atoms with Gasteiger partial charge >= 0.3 is 7.12 Å². The minimum Gasteiger partial charge on any atom is -0.403 e. The molecule has 32 heavy (non-hydrogen) atoms. The summed E-state index contributed by atoms with van der Waals surface area (Å²) in [6.45, 7) is 6.61. The third-order valence-corrected chi connectivity index (χ3v) is 11.0. The second kappa shape index (κ2) is 9.44. The van der Waals surface area contributed by atoms with Gasteiger partial charge in [0.05, 0.1) is 11.2 Å². The van der Waals surface area contributed by atoms with Gasteiger partial charge in [0.15, 0.2) is 0 Å². The first-order valence-corrected chi connectivity index (χ1v) is 13.5. The molecule has 3 aromatic rings. The zero-order chi connectivity index (χ0) is 22.7. The van der Waals surface area contributed by atoms with Crippen molar-refractivity contribution in [2.24, 2.45) is 0 Å². The van der Waals surface area contributed by atoms with Crippen LogP contribution in [0.4, 0.5) is 0 Å². The summed E-state index contributed by atoms with van der Waals surface area (Å²) < 4.78 is 12.4. The quantitative estimate of drug-likeness (QED) is 0.266. The van der Waals surface area contributed by atoms with Gasteiger partial charge in [-0.15, -0.1) is 0 Å². The molecule has 0 aromatic heterocycles. The Hall–Kier alpha value is -2.06. The fourth-order valence-electron chi connectivity index (χ4n) is 4.41. The maximum absolute atomic E-state index is 6.22. The Balaban J connectivity index is 1.68. The van der Waals surface area contributed by atoms with E-state index in [9.17, 15) is 0 Å². The van der Waals surface area contributed by atoms with Crippen LogP contribution in [0.3, 0.4) is 0 Å².